The number of hydrogen-bond donors (Lipinski definition) is 2. The average Bonchev–Trinajstić information content (AvgIpc) is 2.65. The predicted octanol–water partition coefficient (Wildman–Crippen LogP) is 2.33. The fourth-order valence-electron chi connectivity index (χ4n) is 2.21. The normalized spacial score (nSPS) is 11.0. The van der Waals surface area contributed by atoms with Crippen LogP contribution in [-0.4, -0.2) is 29.1 Å². The number of hydrazone groups is 1. The summed E-state index contributed by atoms with van der Waals surface area (Å²) in [4.78, 5) is 27.6. The summed E-state index contributed by atoms with van der Waals surface area (Å²) >= 11 is 0. The molecule has 0 saturated heterocycles. The molecule has 0 saturated carbocycles. The molecule has 0 aliphatic carbocycles. The van der Waals surface area contributed by atoms with Gasteiger partial charge < -0.3 is 5.32 Å². The Morgan fingerprint density at radius 2 is 1.92 bits per heavy atom. The quantitative estimate of drug-likeness (QED) is 0.440. The van der Waals surface area contributed by atoms with Crippen LogP contribution >= 0.6 is 0 Å². The minimum atomic E-state index is -0.351. The van der Waals surface area contributed by atoms with Crippen molar-refractivity contribution in [2.75, 3.05) is 6.54 Å². The molecule has 2 rings (SSSR count). The first kappa shape index (κ1) is 18.3. The van der Waals surface area contributed by atoms with Crippen LogP contribution < -0.4 is 10.7 Å². The molecule has 6 heteroatoms. The molecule has 6 nitrogen and oxygen atoms in total. The van der Waals surface area contributed by atoms with Crippen molar-refractivity contribution in [1.82, 2.24) is 15.7 Å². The van der Waals surface area contributed by atoms with Gasteiger partial charge in [0.2, 0.25) is 5.91 Å². The topological polar surface area (TPSA) is 83.5 Å². The number of carbonyl (C=O) groups excluding carboxylic acids is 2. The van der Waals surface area contributed by atoms with Crippen LogP contribution in [-0.2, 0) is 11.2 Å². The van der Waals surface area contributed by atoms with Crippen molar-refractivity contribution in [2.24, 2.45) is 5.10 Å². The van der Waals surface area contributed by atoms with E-state index >= 15 is 0 Å². The Labute approximate surface area is 147 Å². The molecule has 25 heavy (non-hydrogen) atoms. The zero-order valence-corrected chi connectivity index (χ0v) is 14.2. The molecule has 2 amide bonds. The first-order chi connectivity index (χ1) is 12.1. The molecule has 2 N–H and O–H groups in total. The van der Waals surface area contributed by atoms with Crippen LogP contribution in [0.15, 0.2) is 60.0 Å². The van der Waals surface area contributed by atoms with Crippen molar-refractivity contribution >= 4 is 17.5 Å². The largest absolute Gasteiger partial charge is 0.356 e. The molecule has 0 fully saturated rings. The molecule has 0 atom stereocenters. The number of nitrogens with one attached hydrogen (secondary N) is 2. The SMILES string of the molecule is C/C(CC(=O)NCCCc1ccccc1)=N/NC(=O)c1cccnc1. The van der Waals surface area contributed by atoms with Crippen molar-refractivity contribution < 1.29 is 9.59 Å². The molecule has 2 aromatic rings. The maximum absolute atomic E-state index is 11.9. The highest BCUT2D eigenvalue weighted by Gasteiger charge is 2.06. The van der Waals surface area contributed by atoms with Gasteiger partial charge in [-0.05, 0) is 37.5 Å². The van der Waals surface area contributed by atoms with E-state index in [1.54, 1.807) is 25.3 Å². The molecular weight excluding hydrogens is 316 g/mol. The molecule has 130 valence electrons. The van der Waals surface area contributed by atoms with Gasteiger partial charge in [-0.3, -0.25) is 14.6 Å². The molecule has 0 unspecified atom stereocenters. The van der Waals surface area contributed by atoms with Gasteiger partial charge in [0.05, 0.1) is 12.0 Å². The van der Waals surface area contributed by atoms with E-state index in [2.05, 4.69) is 33.0 Å². The summed E-state index contributed by atoms with van der Waals surface area (Å²) in [6, 6.07) is 13.5. The maximum Gasteiger partial charge on any atom is 0.272 e. The third-order valence-corrected chi connectivity index (χ3v) is 3.50. The van der Waals surface area contributed by atoms with Crippen molar-refractivity contribution in [2.45, 2.75) is 26.2 Å². The van der Waals surface area contributed by atoms with Gasteiger partial charge in [0.15, 0.2) is 0 Å². The zero-order valence-electron chi connectivity index (χ0n) is 14.2. The first-order valence-corrected chi connectivity index (χ1v) is 8.19. The highest BCUT2D eigenvalue weighted by Crippen LogP contribution is 2.01. The molecule has 0 bridgehead atoms. The van der Waals surface area contributed by atoms with Crippen molar-refractivity contribution in [1.29, 1.82) is 0 Å². The van der Waals surface area contributed by atoms with Gasteiger partial charge >= 0.3 is 0 Å². The number of amides is 2. The van der Waals surface area contributed by atoms with E-state index in [9.17, 15) is 9.59 Å². The van der Waals surface area contributed by atoms with E-state index in [1.165, 1.54) is 11.8 Å². The number of nitrogens with zero attached hydrogens (tertiary/aromatic N) is 2. The second kappa shape index (κ2) is 9.97. The van der Waals surface area contributed by atoms with E-state index in [4.69, 9.17) is 0 Å². The predicted molar refractivity (Wildman–Crippen MR) is 97.2 cm³/mol. The lowest BCUT2D eigenvalue weighted by Gasteiger charge is -2.06. The van der Waals surface area contributed by atoms with Gasteiger partial charge in [0, 0.05) is 24.7 Å². The number of pyridine rings is 1. The lowest BCUT2D eigenvalue weighted by molar-refractivity contribution is -0.119. The number of carbonyl (C=O) groups is 2. The summed E-state index contributed by atoms with van der Waals surface area (Å²) in [6.07, 6.45) is 5.00. The Hall–Kier alpha value is -3.02. The average molecular weight is 338 g/mol. The molecule has 1 heterocycles. The van der Waals surface area contributed by atoms with Crippen LogP contribution in [0, 0.1) is 0 Å². The van der Waals surface area contributed by atoms with Crippen molar-refractivity contribution in [3.63, 3.8) is 0 Å². The second-order valence-corrected chi connectivity index (χ2v) is 5.65. The van der Waals surface area contributed by atoms with Crippen molar-refractivity contribution in [3.05, 3.63) is 66.0 Å². The highest BCUT2D eigenvalue weighted by molar-refractivity contribution is 6.01. The van der Waals surface area contributed by atoms with E-state index in [0.717, 1.165) is 12.8 Å². The third kappa shape index (κ3) is 6.95. The zero-order chi connectivity index (χ0) is 17.9. The Morgan fingerprint density at radius 3 is 2.64 bits per heavy atom. The fourth-order valence-corrected chi connectivity index (χ4v) is 2.21. The van der Waals surface area contributed by atoms with E-state index in [-0.39, 0.29) is 18.2 Å². The van der Waals surface area contributed by atoms with Crippen LogP contribution in [0.5, 0.6) is 0 Å². The molecule has 0 aliphatic heterocycles. The van der Waals surface area contributed by atoms with Crippen LogP contribution in [0.3, 0.4) is 0 Å². The first-order valence-electron chi connectivity index (χ1n) is 8.19. The van der Waals surface area contributed by atoms with Gasteiger partial charge in [-0.1, -0.05) is 30.3 Å². The second-order valence-electron chi connectivity index (χ2n) is 5.65. The number of benzene rings is 1. The Bertz CT molecular complexity index is 715. The summed E-state index contributed by atoms with van der Waals surface area (Å²) in [5.74, 6) is -0.458. The monoisotopic (exact) mass is 338 g/mol. The van der Waals surface area contributed by atoms with E-state index < -0.39 is 0 Å². The summed E-state index contributed by atoms with van der Waals surface area (Å²) in [5, 5.41) is 6.81. The number of aromatic nitrogens is 1. The summed E-state index contributed by atoms with van der Waals surface area (Å²) < 4.78 is 0. The minimum absolute atomic E-state index is 0.107. The van der Waals surface area contributed by atoms with Crippen LogP contribution in [0.4, 0.5) is 0 Å². The number of aryl methyl sites for hydroxylation is 1. The molecule has 0 radical (unpaired) electrons. The van der Waals surface area contributed by atoms with Gasteiger partial charge in [-0.15, -0.1) is 0 Å². The van der Waals surface area contributed by atoms with Gasteiger partial charge in [0.1, 0.15) is 0 Å². The lowest BCUT2D eigenvalue weighted by atomic mass is 10.1. The Morgan fingerprint density at radius 1 is 1.12 bits per heavy atom. The van der Waals surface area contributed by atoms with Crippen LogP contribution in [0.25, 0.3) is 0 Å². The standard InChI is InChI=1S/C19H22N4O2/c1-15(22-23-19(25)17-10-6-11-20-14-17)13-18(24)21-12-5-9-16-7-3-2-4-8-16/h2-4,6-8,10-11,14H,5,9,12-13H2,1H3,(H,21,24)(H,23,25)/b22-15-. The molecule has 0 spiro atoms. The minimum Gasteiger partial charge on any atom is -0.356 e. The van der Waals surface area contributed by atoms with Crippen LogP contribution in [0.2, 0.25) is 0 Å². The smallest absolute Gasteiger partial charge is 0.272 e. The van der Waals surface area contributed by atoms with Gasteiger partial charge in [-0.25, -0.2) is 5.43 Å². The third-order valence-electron chi connectivity index (χ3n) is 3.50. The van der Waals surface area contributed by atoms with Crippen LogP contribution in [0.1, 0.15) is 35.7 Å². The van der Waals surface area contributed by atoms with E-state index in [1.807, 2.05) is 18.2 Å². The molecule has 1 aromatic heterocycles. The summed E-state index contributed by atoms with van der Waals surface area (Å²) in [5.41, 5.74) is 4.64. The van der Waals surface area contributed by atoms with Gasteiger partial charge in [0.25, 0.3) is 5.91 Å². The highest BCUT2D eigenvalue weighted by atomic mass is 16.2. The Kier molecular flexibility index (Phi) is 7.31. The summed E-state index contributed by atoms with van der Waals surface area (Å²) in [7, 11) is 0. The molecule has 0 aliphatic rings. The number of hydrogen-bond acceptors (Lipinski definition) is 4. The lowest BCUT2D eigenvalue weighted by Crippen LogP contribution is -2.27. The maximum atomic E-state index is 11.9. The van der Waals surface area contributed by atoms with E-state index in [0.29, 0.717) is 17.8 Å². The van der Waals surface area contributed by atoms with Crippen molar-refractivity contribution in [3.8, 4) is 0 Å². The molecule has 1 aromatic carbocycles. The summed E-state index contributed by atoms with van der Waals surface area (Å²) in [6.45, 7) is 2.32. The number of rotatable bonds is 8. The molecular formula is C19H22N4O2. The fraction of sp³-hybridized carbons (Fsp3) is 0.263. The van der Waals surface area contributed by atoms with Gasteiger partial charge in [-0.2, -0.15) is 5.10 Å². The Balaban J connectivity index is 1.66.